The first-order valence-corrected chi connectivity index (χ1v) is 7.27. The number of aliphatic hydroxyl groups excluding tert-OH is 1. The van der Waals surface area contributed by atoms with E-state index in [0.717, 1.165) is 31.6 Å². The second-order valence-electron chi connectivity index (χ2n) is 4.69. The van der Waals surface area contributed by atoms with Crippen LogP contribution >= 0.6 is 0 Å². The van der Waals surface area contributed by atoms with Crippen LogP contribution in [0.4, 0.5) is 0 Å². The summed E-state index contributed by atoms with van der Waals surface area (Å²) in [5.74, 6) is -0.928. The molecule has 4 nitrogen and oxygen atoms in total. The van der Waals surface area contributed by atoms with Gasteiger partial charge in [-0.05, 0) is 25.1 Å². The van der Waals surface area contributed by atoms with Crippen molar-refractivity contribution in [3.63, 3.8) is 0 Å². The van der Waals surface area contributed by atoms with E-state index in [4.69, 9.17) is 4.74 Å². The Morgan fingerprint density at radius 3 is 2.45 bits per heavy atom. The third-order valence-corrected chi connectivity index (χ3v) is 3.43. The van der Waals surface area contributed by atoms with E-state index < -0.39 is 5.92 Å². The summed E-state index contributed by atoms with van der Waals surface area (Å²) in [6.45, 7) is 7.35. The largest absolute Gasteiger partial charge is 0.465 e. The maximum atomic E-state index is 12.0. The number of carbonyl (C=O) groups excluding carboxylic acids is 1. The Kier molecular flexibility index (Phi) is 7.92. The van der Waals surface area contributed by atoms with Crippen molar-refractivity contribution in [1.82, 2.24) is 4.90 Å². The van der Waals surface area contributed by atoms with Gasteiger partial charge in [0.25, 0.3) is 0 Å². The minimum Gasteiger partial charge on any atom is -0.465 e. The van der Waals surface area contributed by atoms with Crippen LogP contribution in [-0.2, 0) is 9.53 Å². The molecule has 0 amide bonds. The van der Waals surface area contributed by atoms with Crippen LogP contribution in [0, 0.1) is 0 Å². The second kappa shape index (κ2) is 9.50. The smallest absolute Gasteiger partial charge is 0.315 e. The molecule has 1 aromatic rings. The summed E-state index contributed by atoms with van der Waals surface area (Å²) in [6.07, 6.45) is 0.820. The lowest BCUT2D eigenvalue weighted by atomic mass is 10.0. The first kappa shape index (κ1) is 16.7. The van der Waals surface area contributed by atoms with Crippen LogP contribution in [-0.4, -0.2) is 48.8 Å². The average molecular weight is 279 g/mol. The Balaban J connectivity index is 2.37. The topological polar surface area (TPSA) is 49.8 Å². The van der Waals surface area contributed by atoms with Gasteiger partial charge in [-0.3, -0.25) is 4.79 Å². The van der Waals surface area contributed by atoms with Gasteiger partial charge < -0.3 is 14.7 Å². The van der Waals surface area contributed by atoms with Gasteiger partial charge in [0.2, 0.25) is 0 Å². The van der Waals surface area contributed by atoms with Crippen LogP contribution in [0.3, 0.4) is 0 Å². The summed E-state index contributed by atoms with van der Waals surface area (Å²) in [4.78, 5) is 14.2. The van der Waals surface area contributed by atoms with Crippen molar-refractivity contribution in [3.8, 4) is 0 Å². The normalized spacial score (nSPS) is 12.4. The van der Waals surface area contributed by atoms with Crippen LogP contribution < -0.4 is 0 Å². The van der Waals surface area contributed by atoms with Crippen molar-refractivity contribution in [2.24, 2.45) is 0 Å². The van der Waals surface area contributed by atoms with Gasteiger partial charge in [-0.25, -0.2) is 0 Å². The highest BCUT2D eigenvalue weighted by atomic mass is 16.5. The summed E-state index contributed by atoms with van der Waals surface area (Å²) in [7, 11) is 0. The molecule has 0 saturated heterocycles. The minimum atomic E-state index is -0.579. The number of carbonyl (C=O) groups is 1. The van der Waals surface area contributed by atoms with Crippen molar-refractivity contribution in [1.29, 1.82) is 0 Å². The molecule has 0 bridgehead atoms. The Bertz CT molecular complexity index is 377. The third-order valence-electron chi connectivity index (χ3n) is 3.43. The number of aliphatic hydroxyl groups is 1. The molecule has 1 atom stereocenters. The van der Waals surface area contributed by atoms with E-state index in [2.05, 4.69) is 18.7 Å². The highest BCUT2D eigenvalue weighted by Gasteiger charge is 2.20. The first-order valence-electron chi connectivity index (χ1n) is 7.27. The number of benzene rings is 1. The van der Waals surface area contributed by atoms with E-state index in [0.29, 0.717) is 6.61 Å². The van der Waals surface area contributed by atoms with Crippen molar-refractivity contribution >= 4 is 5.97 Å². The SMILES string of the molecule is CCN(CC)CCCOC(=O)C(CO)c1ccccc1. The Labute approximate surface area is 121 Å². The zero-order chi connectivity index (χ0) is 14.8. The van der Waals surface area contributed by atoms with E-state index in [1.807, 2.05) is 30.3 Å². The lowest BCUT2D eigenvalue weighted by Crippen LogP contribution is -2.26. The van der Waals surface area contributed by atoms with Crippen molar-refractivity contribution in [2.45, 2.75) is 26.2 Å². The standard InChI is InChI=1S/C16H25NO3/c1-3-17(4-2)11-8-12-20-16(19)15(13-18)14-9-6-5-7-10-14/h5-7,9-10,15,18H,3-4,8,11-13H2,1-2H3. The van der Waals surface area contributed by atoms with E-state index in [9.17, 15) is 9.90 Å². The summed E-state index contributed by atoms with van der Waals surface area (Å²) in [6, 6.07) is 9.25. The van der Waals surface area contributed by atoms with Gasteiger partial charge in [-0.15, -0.1) is 0 Å². The molecule has 1 aromatic carbocycles. The van der Waals surface area contributed by atoms with E-state index in [1.54, 1.807) is 0 Å². The van der Waals surface area contributed by atoms with Gasteiger partial charge in [0, 0.05) is 6.54 Å². The van der Waals surface area contributed by atoms with Crippen LogP contribution in [0.2, 0.25) is 0 Å². The van der Waals surface area contributed by atoms with Crippen LogP contribution in [0.1, 0.15) is 31.7 Å². The van der Waals surface area contributed by atoms with Gasteiger partial charge in [0.05, 0.1) is 13.2 Å². The van der Waals surface area contributed by atoms with Gasteiger partial charge in [0.1, 0.15) is 5.92 Å². The number of hydrogen-bond donors (Lipinski definition) is 1. The number of rotatable bonds is 9. The second-order valence-corrected chi connectivity index (χ2v) is 4.69. The molecule has 0 heterocycles. The van der Waals surface area contributed by atoms with Crippen LogP contribution in [0.5, 0.6) is 0 Å². The molecule has 20 heavy (non-hydrogen) atoms. The molecule has 0 spiro atoms. The van der Waals surface area contributed by atoms with E-state index in [1.165, 1.54) is 0 Å². The number of hydrogen-bond acceptors (Lipinski definition) is 4. The highest BCUT2D eigenvalue weighted by Crippen LogP contribution is 2.16. The van der Waals surface area contributed by atoms with E-state index >= 15 is 0 Å². The molecule has 1 unspecified atom stereocenters. The van der Waals surface area contributed by atoms with E-state index in [-0.39, 0.29) is 12.6 Å². The number of ether oxygens (including phenoxy) is 1. The van der Waals surface area contributed by atoms with Gasteiger partial charge in [0.15, 0.2) is 0 Å². The fourth-order valence-corrected chi connectivity index (χ4v) is 2.10. The molecule has 0 fully saturated rings. The lowest BCUT2D eigenvalue weighted by molar-refractivity contribution is -0.146. The molecule has 1 N–H and O–H groups in total. The predicted octanol–water partition coefficient (Wildman–Crippen LogP) is 2.04. The summed E-state index contributed by atoms with van der Waals surface area (Å²) in [5, 5.41) is 9.36. The molecule has 0 aromatic heterocycles. The fraction of sp³-hybridized carbons (Fsp3) is 0.562. The number of esters is 1. The van der Waals surface area contributed by atoms with Gasteiger partial charge >= 0.3 is 5.97 Å². The molecule has 112 valence electrons. The summed E-state index contributed by atoms with van der Waals surface area (Å²) in [5.41, 5.74) is 0.795. The summed E-state index contributed by atoms with van der Waals surface area (Å²) >= 11 is 0. The molecule has 0 aliphatic heterocycles. The third kappa shape index (κ3) is 5.31. The monoisotopic (exact) mass is 279 g/mol. The fourth-order valence-electron chi connectivity index (χ4n) is 2.10. The zero-order valence-electron chi connectivity index (χ0n) is 12.4. The van der Waals surface area contributed by atoms with Crippen molar-refractivity contribution < 1.29 is 14.6 Å². The molecule has 1 rings (SSSR count). The Morgan fingerprint density at radius 2 is 1.90 bits per heavy atom. The lowest BCUT2D eigenvalue weighted by Gasteiger charge is -2.18. The predicted molar refractivity (Wildman–Crippen MR) is 79.6 cm³/mol. The summed E-state index contributed by atoms with van der Waals surface area (Å²) < 4.78 is 5.26. The van der Waals surface area contributed by atoms with Gasteiger partial charge in [-0.1, -0.05) is 44.2 Å². The molecule has 0 radical (unpaired) electrons. The average Bonchev–Trinajstić information content (AvgIpc) is 2.49. The molecular weight excluding hydrogens is 254 g/mol. The molecular formula is C16H25NO3. The highest BCUT2D eigenvalue weighted by molar-refractivity contribution is 5.78. The Hall–Kier alpha value is -1.39. The van der Waals surface area contributed by atoms with Gasteiger partial charge in [-0.2, -0.15) is 0 Å². The molecule has 4 heteroatoms. The first-order chi connectivity index (χ1) is 9.72. The van der Waals surface area contributed by atoms with Crippen molar-refractivity contribution in [3.05, 3.63) is 35.9 Å². The maximum absolute atomic E-state index is 12.0. The number of nitrogens with zero attached hydrogens (tertiary/aromatic N) is 1. The van der Waals surface area contributed by atoms with Crippen molar-refractivity contribution in [2.75, 3.05) is 32.8 Å². The maximum Gasteiger partial charge on any atom is 0.315 e. The molecule has 0 aliphatic carbocycles. The quantitative estimate of drug-likeness (QED) is 0.555. The molecule has 0 saturated carbocycles. The van der Waals surface area contributed by atoms with Crippen LogP contribution in [0.25, 0.3) is 0 Å². The zero-order valence-corrected chi connectivity index (χ0v) is 12.4. The van der Waals surface area contributed by atoms with Crippen LogP contribution in [0.15, 0.2) is 30.3 Å². The Morgan fingerprint density at radius 1 is 1.25 bits per heavy atom. The minimum absolute atomic E-state index is 0.223. The molecule has 0 aliphatic rings.